The smallest absolute Gasteiger partial charge is 0.254 e. The number of methoxy groups -OCH3 is 1. The Bertz CT molecular complexity index is 549. The van der Waals surface area contributed by atoms with Gasteiger partial charge in [-0.3, -0.25) is 4.79 Å². The summed E-state index contributed by atoms with van der Waals surface area (Å²) < 4.78 is 5.16. The van der Waals surface area contributed by atoms with Crippen molar-refractivity contribution in [2.45, 2.75) is 46.1 Å². The standard InChI is InChI=1S/C18H25NO2/c1-17(2)9-14-10-18(3,11-17)12-19(14)16(20)13-5-7-15(21-4)8-6-13/h5-8,14H,9-12H2,1-4H3/t14-,18-/m0/s1. The number of rotatable bonds is 2. The van der Waals surface area contributed by atoms with E-state index in [1.54, 1.807) is 7.11 Å². The number of nitrogens with zero attached hydrogens (tertiary/aromatic N) is 1. The van der Waals surface area contributed by atoms with Crippen LogP contribution in [-0.4, -0.2) is 30.5 Å². The Morgan fingerprint density at radius 1 is 1.19 bits per heavy atom. The van der Waals surface area contributed by atoms with E-state index in [0.717, 1.165) is 30.7 Å². The first-order valence-electron chi connectivity index (χ1n) is 7.77. The average molecular weight is 287 g/mol. The molecule has 3 rings (SSSR count). The number of benzene rings is 1. The molecular weight excluding hydrogens is 262 g/mol. The van der Waals surface area contributed by atoms with Crippen LogP contribution in [0, 0.1) is 10.8 Å². The quantitative estimate of drug-likeness (QED) is 0.829. The van der Waals surface area contributed by atoms with E-state index in [1.807, 2.05) is 24.3 Å². The molecule has 1 aliphatic heterocycles. The molecule has 1 aliphatic carbocycles. The summed E-state index contributed by atoms with van der Waals surface area (Å²) in [5.41, 5.74) is 1.39. The van der Waals surface area contributed by atoms with Gasteiger partial charge in [0.1, 0.15) is 5.75 Å². The highest BCUT2D eigenvalue weighted by Gasteiger charge is 2.50. The van der Waals surface area contributed by atoms with Crippen LogP contribution in [0.3, 0.4) is 0 Å². The highest BCUT2D eigenvalue weighted by Crippen LogP contribution is 2.52. The average Bonchev–Trinajstić information content (AvgIpc) is 2.67. The van der Waals surface area contributed by atoms with Crippen molar-refractivity contribution >= 4 is 5.91 Å². The Balaban J connectivity index is 1.82. The highest BCUT2D eigenvalue weighted by molar-refractivity contribution is 5.94. The number of carbonyl (C=O) groups excluding carboxylic acids is 1. The summed E-state index contributed by atoms with van der Waals surface area (Å²) in [6.45, 7) is 7.89. The third-order valence-electron chi connectivity index (χ3n) is 5.01. The molecule has 0 radical (unpaired) electrons. The molecule has 2 fully saturated rings. The van der Waals surface area contributed by atoms with Gasteiger partial charge in [-0.25, -0.2) is 0 Å². The Morgan fingerprint density at radius 2 is 1.86 bits per heavy atom. The van der Waals surface area contributed by atoms with Gasteiger partial charge in [0.25, 0.3) is 5.91 Å². The van der Waals surface area contributed by atoms with Crippen molar-refractivity contribution in [1.82, 2.24) is 4.90 Å². The molecule has 2 atom stereocenters. The molecule has 21 heavy (non-hydrogen) atoms. The van der Waals surface area contributed by atoms with E-state index >= 15 is 0 Å². The third kappa shape index (κ3) is 2.66. The van der Waals surface area contributed by atoms with Crippen LogP contribution in [0.25, 0.3) is 0 Å². The molecule has 0 N–H and O–H groups in total. The molecule has 2 bridgehead atoms. The SMILES string of the molecule is COc1ccc(C(=O)N2C[C@@]3(C)C[C@@H]2CC(C)(C)C3)cc1. The number of fused-ring (bicyclic) bond motifs is 2. The maximum absolute atomic E-state index is 12.8. The first-order chi connectivity index (χ1) is 9.82. The molecule has 1 heterocycles. The summed E-state index contributed by atoms with van der Waals surface area (Å²) in [4.78, 5) is 14.9. The van der Waals surface area contributed by atoms with Crippen LogP contribution in [0.15, 0.2) is 24.3 Å². The van der Waals surface area contributed by atoms with E-state index < -0.39 is 0 Å². The lowest BCUT2D eigenvalue weighted by Gasteiger charge is -2.39. The molecule has 114 valence electrons. The largest absolute Gasteiger partial charge is 0.497 e. The second-order valence-corrected chi connectivity index (χ2v) is 7.88. The van der Waals surface area contributed by atoms with Crippen LogP contribution in [0.4, 0.5) is 0 Å². The van der Waals surface area contributed by atoms with Crippen molar-refractivity contribution in [1.29, 1.82) is 0 Å². The van der Waals surface area contributed by atoms with Crippen LogP contribution in [-0.2, 0) is 0 Å². The van der Waals surface area contributed by atoms with Crippen LogP contribution >= 0.6 is 0 Å². The van der Waals surface area contributed by atoms with Crippen LogP contribution in [0.1, 0.15) is 50.4 Å². The monoisotopic (exact) mass is 287 g/mol. The lowest BCUT2D eigenvalue weighted by atomic mass is 9.65. The highest BCUT2D eigenvalue weighted by atomic mass is 16.5. The van der Waals surface area contributed by atoms with E-state index in [2.05, 4.69) is 25.7 Å². The Kier molecular flexibility index (Phi) is 3.27. The summed E-state index contributed by atoms with van der Waals surface area (Å²) >= 11 is 0. The van der Waals surface area contributed by atoms with Crippen molar-refractivity contribution in [3.63, 3.8) is 0 Å². The summed E-state index contributed by atoms with van der Waals surface area (Å²) in [6.07, 6.45) is 3.48. The van der Waals surface area contributed by atoms with Gasteiger partial charge in [-0.05, 0) is 54.4 Å². The Hall–Kier alpha value is -1.51. The fraction of sp³-hybridized carbons (Fsp3) is 0.611. The zero-order valence-electron chi connectivity index (χ0n) is 13.5. The predicted octanol–water partition coefficient (Wildman–Crippen LogP) is 3.74. The molecule has 0 spiro atoms. The zero-order valence-corrected chi connectivity index (χ0v) is 13.5. The molecule has 1 saturated carbocycles. The van der Waals surface area contributed by atoms with E-state index in [4.69, 9.17) is 4.74 Å². The Labute approximate surface area is 127 Å². The molecule has 1 aromatic rings. The van der Waals surface area contributed by atoms with E-state index in [9.17, 15) is 4.79 Å². The van der Waals surface area contributed by atoms with Crippen LogP contribution < -0.4 is 4.74 Å². The van der Waals surface area contributed by atoms with Crippen molar-refractivity contribution in [3.8, 4) is 5.75 Å². The predicted molar refractivity (Wildman–Crippen MR) is 83.6 cm³/mol. The molecule has 0 aromatic heterocycles. The molecule has 3 nitrogen and oxygen atoms in total. The summed E-state index contributed by atoms with van der Waals surface area (Å²) in [5.74, 6) is 0.962. The van der Waals surface area contributed by atoms with E-state index in [0.29, 0.717) is 11.5 Å². The number of ether oxygens (including phenoxy) is 1. The van der Waals surface area contributed by atoms with Gasteiger partial charge in [0.15, 0.2) is 0 Å². The number of hydrogen-bond acceptors (Lipinski definition) is 2. The van der Waals surface area contributed by atoms with Gasteiger partial charge in [-0.2, -0.15) is 0 Å². The molecule has 2 aliphatic rings. The fourth-order valence-corrected chi connectivity index (χ4v) is 4.60. The number of amides is 1. The van der Waals surface area contributed by atoms with Gasteiger partial charge in [-0.1, -0.05) is 20.8 Å². The maximum atomic E-state index is 12.8. The van der Waals surface area contributed by atoms with Crippen molar-refractivity contribution in [2.75, 3.05) is 13.7 Å². The lowest BCUT2D eigenvalue weighted by Crippen LogP contribution is -2.37. The molecule has 1 amide bonds. The van der Waals surface area contributed by atoms with Gasteiger partial charge in [0.2, 0.25) is 0 Å². The van der Waals surface area contributed by atoms with Gasteiger partial charge in [0.05, 0.1) is 7.11 Å². The first-order valence-corrected chi connectivity index (χ1v) is 7.77. The lowest BCUT2D eigenvalue weighted by molar-refractivity contribution is 0.0708. The van der Waals surface area contributed by atoms with Crippen molar-refractivity contribution in [2.24, 2.45) is 10.8 Å². The van der Waals surface area contributed by atoms with E-state index in [-0.39, 0.29) is 11.3 Å². The zero-order chi connectivity index (χ0) is 15.3. The van der Waals surface area contributed by atoms with Gasteiger partial charge in [0, 0.05) is 18.2 Å². The molecule has 1 saturated heterocycles. The minimum absolute atomic E-state index is 0.170. The number of likely N-dealkylation sites (tertiary alicyclic amines) is 1. The minimum Gasteiger partial charge on any atom is -0.497 e. The van der Waals surface area contributed by atoms with Crippen molar-refractivity contribution in [3.05, 3.63) is 29.8 Å². The van der Waals surface area contributed by atoms with Gasteiger partial charge >= 0.3 is 0 Å². The second kappa shape index (κ2) is 4.75. The van der Waals surface area contributed by atoms with Crippen LogP contribution in [0.2, 0.25) is 0 Å². The van der Waals surface area contributed by atoms with E-state index in [1.165, 1.54) is 6.42 Å². The Morgan fingerprint density at radius 3 is 2.48 bits per heavy atom. The number of hydrogen-bond donors (Lipinski definition) is 0. The normalized spacial score (nSPS) is 30.3. The molecule has 1 aromatic carbocycles. The molecule has 0 unspecified atom stereocenters. The summed E-state index contributed by atoms with van der Waals surface area (Å²) in [6, 6.07) is 7.86. The van der Waals surface area contributed by atoms with Gasteiger partial charge in [-0.15, -0.1) is 0 Å². The topological polar surface area (TPSA) is 29.5 Å². The molecule has 3 heteroatoms. The minimum atomic E-state index is 0.170. The molecular formula is C18H25NO2. The fourth-order valence-electron chi connectivity index (χ4n) is 4.60. The summed E-state index contributed by atoms with van der Waals surface area (Å²) in [5, 5.41) is 0. The summed E-state index contributed by atoms with van der Waals surface area (Å²) in [7, 11) is 1.64. The first kappa shape index (κ1) is 14.4. The van der Waals surface area contributed by atoms with Crippen molar-refractivity contribution < 1.29 is 9.53 Å². The maximum Gasteiger partial charge on any atom is 0.254 e. The number of carbonyl (C=O) groups is 1. The third-order valence-corrected chi connectivity index (χ3v) is 5.01. The van der Waals surface area contributed by atoms with Gasteiger partial charge < -0.3 is 9.64 Å². The second-order valence-electron chi connectivity index (χ2n) is 7.88. The van der Waals surface area contributed by atoms with Crippen LogP contribution in [0.5, 0.6) is 5.75 Å².